The van der Waals surface area contributed by atoms with Gasteiger partial charge in [0.05, 0.1) is 16.6 Å². The first-order valence-electron chi connectivity index (χ1n) is 7.14. The Balaban J connectivity index is 2.11. The maximum Gasteiger partial charge on any atom is 0.223 e. The quantitative estimate of drug-likeness (QED) is 0.877. The smallest absolute Gasteiger partial charge is 0.223 e. The Kier molecular flexibility index (Phi) is 3.15. The topological polar surface area (TPSA) is 64.3 Å². The van der Waals surface area contributed by atoms with E-state index in [0.29, 0.717) is 5.95 Å². The molecule has 0 atom stereocenters. The van der Waals surface area contributed by atoms with E-state index in [1.165, 1.54) is 4.88 Å². The van der Waals surface area contributed by atoms with E-state index in [1.54, 1.807) is 11.3 Å². The molecule has 0 aromatic carbocycles. The van der Waals surface area contributed by atoms with Crippen molar-refractivity contribution in [2.45, 2.75) is 45.8 Å². The number of aromatic nitrogens is 2. The van der Waals surface area contributed by atoms with Crippen molar-refractivity contribution in [3.63, 3.8) is 0 Å². The minimum Gasteiger partial charge on any atom is -0.368 e. The van der Waals surface area contributed by atoms with Crippen molar-refractivity contribution in [1.82, 2.24) is 9.97 Å². The lowest BCUT2D eigenvalue weighted by Crippen LogP contribution is -2.57. The number of nitrogens with two attached hydrogens (primary N) is 1. The van der Waals surface area contributed by atoms with Gasteiger partial charge in [0.2, 0.25) is 5.95 Å². The lowest BCUT2D eigenvalue weighted by molar-refractivity contribution is -0.133. The highest BCUT2D eigenvalue weighted by atomic mass is 32.1. The van der Waals surface area contributed by atoms with Crippen molar-refractivity contribution in [1.29, 1.82) is 0 Å². The summed E-state index contributed by atoms with van der Waals surface area (Å²) < 4.78 is 6.15. The predicted octanol–water partition coefficient (Wildman–Crippen LogP) is 2.98. The van der Waals surface area contributed by atoms with E-state index in [-0.39, 0.29) is 11.2 Å². The second kappa shape index (κ2) is 4.55. The van der Waals surface area contributed by atoms with Gasteiger partial charge in [-0.1, -0.05) is 0 Å². The molecule has 114 valence electrons. The third-order valence-corrected chi connectivity index (χ3v) is 4.45. The van der Waals surface area contributed by atoms with E-state index in [4.69, 9.17) is 10.5 Å². The van der Waals surface area contributed by atoms with Gasteiger partial charge in [-0.25, -0.2) is 4.98 Å². The van der Waals surface area contributed by atoms with E-state index in [2.05, 4.69) is 55.6 Å². The molecule has 0 saturated carbocycles. The summed E-state index contributed by atoms with van der Waals surface area (Å²) in [5, 5.41) is 1.08. The van der Waals surface area contributed by atoms with E-state index in [9.17, 15) is 0 Å². The third-order valence-electron chi connectivity index (χ3n) is 3.51. The number of fused-ring (bicyclic) bond motifs is 1. The van der Waals surface area contributed by atoms with Crippen LogP contribution in [0.5, 0.6) is 0 Å². The van der Waals surface area contributed by atoms with E-state index in [1.807, 2.05) is 0 Å². The number of thiophene rings is 1. The Morgan fingerprint density at radius 2 is 1.81 bits per heavy atom. The maximum absolute atomic E-state index is 6.15. The molecule has 0 amide bonds. The van der Waals surface area contributed by atoms with E-state index >= 15 is 0 Å². The van der Waals surface area contributed by atoms with Crippen LogP contribution in [-0.4, -0.2) is 34.3 Å². The van der Waals surface area contributed by atoms with Gasteiger partial charge in [0.1, 0.15) is 10.6 Å². The fraction of sp³-hybridized carbons (Fsp3) is 0.600. The molecule has 2 aromatic heterocycles. The van der Waals surface area contributed by atoms with Crippen LogP contribution in [0.3, 0.4) is 0 Å². The Labute approximate surface area is 129 Å². The number of hydrogen-bond acceptors (Lipinski definition) is 6. The van der Waals surface area contributed by atoms with Gasteiger partial charge in [-0.15, -0.1) is 11.3 Å². The Morgan fingerprint density at radius 3 is 2.43 bits per heavy atom. The average molecular weight is 306 g/mol. The maximum atomic E-state index is 6.15. The molecule has 0 aliphatic carbocycles. The van der Waals surface area contributed by atoms with Crippen molar-refractivity contribution in [3.8, 4) is 0 Å². The third kappa shape index (κ3) is 2.82. The van der Waals surface area contributed by atoms with Crippen LogP contribution >= 0.6 is 11.3 Å². The van der Waals surface area contributed by atoms with Crippen molar-refractivity contribution < 1.29 is 4.74 Å². The first-order chi connectivity index (χ1) is 9.65. The predicted molar refractivity (Wildman–Crippen MR) is 88.0 cm³/mol. The molecule has 2 aromatic rings. The Hall–Kier alpha value is -1.40. The van der Waals surface area contributed by atoms with Crippen LogP contribution in [-0.2, 0) is 4.74 Å². The molecule has 0 unspecified atom stereocenters. The molecule has 3 rings (SSSR count). The lowest BCUT2D eigenvalue weighted by Gasteiger charge is -2.47. The molecule has 0 radical (unpaired) electrons. The normalized spacial score (nSPS) is 20.9. The summed E-state index contributed by atoms with van der Waals surface area (Å²) in [5.74, 6) is 1.26. The number of ether oxygens (including phenoxy) is 1. The highest BCUT2D eigenvalue weighted by Crippen LogP contribution is 2.36. The summed E-state index contributed by atoms with van der Waals surface area (Å²) in [5.41, 5.74) is 5.46. The number of anilines is 2. The van der Waals surface area contributed by atoms with Crippen LogP contribution in [0.2, 0.25) is 0 Å². The molecule has 0 bridgehead atoms. The van der Waals surface area contributed by atoms with Gasteiger partial charge in [0.25, 0.3) is 0 Å². The molecular weight excluding hydrogens is 284 g/mol. The first-order valence-corrected chi connectivity index (χ1v) is 7.96. The van der Waals surface area contributed by atoms with Gasteiger partial charge < -0.3 is 15.4 Å². The standard InChI is InChI=1S/C15H22N4OS/c1-9-6-10-11(17-13(16)18-12(10)21-9)19-7-14(2,3)20-15(4,5)8-19/h6H,7-8H2,1-5H3,(H2,16,17,18). The highest BCUT2D eigenvalue weighted by molar-refractivity contribution is 7.18. The number of aryl methyl sites for hydroxylation is 1. The second-order valence-corrected chi connectivity index (χ2v) is 8.19. The number of hydrogen-bond donors (Lipinski definition) is 1. The molecule has 1 aliphatic rings. The van der Waals surface area contributed by atoms with Crippen LogP contribution in [0, 0.1) is 6.92 Å². The minimum absolute atomic E-state index is 0.223. The summed E-state index contributed by atoms with van der Waals surface area (Å²) in [4.78, 5) is 13.3. The van der Waals surface area contributed by atoms with Crippen LogP contribution in [0.25, 0.3) is 10.2 Å². The molecule has 21 heavy (non-hydrogen) atoms. The average Bonchev–Trinajstić information content (AvgIpc) is 2.63. The second-order valence-electron chi connectivity index (χ2n) is 6.96. The monoisotopic (exact) mass is 306 g/mol. The number of rotatable bonds is 1. The molecule has 3 heterocycles. The molecule has 1 fully saturated rings. The zero-order valence-electron chi connectivity index (χ0n) is 13.2. The Morgan fingerprint density at radius 1 is 1.19 bits per heavy atom. The molecule has 0 spiro atoms. The molecule has 1 saturated heterocycles. The van der Waals surface area contributed by atoms with Crippen LogP contribution < -0.4 is 10.6 Å². The van der Waals surface area contributed by atoms with Crippen molar-refractivity contribution in [2.24, 2.45) is 0 Å². The zero-order valence-corrected chi connectivity index (χ0v) is 14.0. The summed E-state index contributed by atoms with van der Waals surface area (Å²) in [6.07, 6.45) is 0. The summed E-state index contributed by atoms with van der Waals surface area (Å²) in [6, 6.07) is 2.14. The number of nitrogens with zero attached hydrogens (tertiary/aromatic N) is 3. The Bertz CT molecular complexity index is 676. The summed E-state index contributed by atoms with van der Waals surface area (Å²) >= 11 is 1.66. The van der Waals surface area contributed by atoms with E-state index < -0.39 is 0 Å². The molecule has 1 aliphatic heterocycles. The van der Waals surface area contributed by atoms with Gasteiger partial charge in [-0.2, -0.15) is 4.98 Å². The summed E-state index contributed by atoms with van der Waals surface area (Å²) in [6.45, 7) is 12.1. The van der Waals surface area contributed by atoms with Crippen LogP contribution in [0.4, 0.5) is 11.8 Å². The van der Waals surface area contributed by atoms with Gasteiger partial charge in [-0.05, 0) is 40.7 Å². The van der Waals surface area contributed by atoms with Crippen molar-refractivity contribution in [2.75, 3.05) is 23.7 Å². The minimum atomic E-state index is -0.223. The first kappa shape index (κ1) is 14.5. The molecule has 6 heteroatoms. The van der Waals surface area contributed by atoms with Crippen LogP contribution in [0.1, 0.15) is 32.6 Å². The molecule has 2 N–H and O–H groups in total. The van der Waals surface area contributed by atoms with Crippen molar-refractivity contribution in [3.05, 3.63) is 10.9 Å². The molecular formula is C15H22N4OS. The fourth-order valence-electron chi connectivity index (χ4n) is 3.22. The number of nitrogen functional groups attached to an aromatic ring is 1. The summed E-state index contributed by atoms with van der Waals surface area (Å²) in [7, 11) is 0. The lowest BCUT2D eigenvalue weighted by atomic mass is 9.99. The number of morpholine rings is 1. The van der Waals surface area contributed by atoms with E-state index in [0.717, 1.165) is 29.1 Å². The van der Waals surface area contributed by atoms with Gasteiger partial charge >= 0.3 is 0 Å². The van der Waals surface area contributed by atoms with Crippen molar-refractivity contribution >= 4 is 33.3 Å². The SMILES string of the molecule is Cc1cc2c(N3CC(C)(C)OC(C)(C)C3)nc(N)nc2s1. The fourth-order valence-corrected chi connectivity index (χ4v) is 4.10. The zero-order chi connectivity index (χ0) is 15.4. The van der Waals surface area contributed by atoms with Gasteiger partial charge in [0, 0.05) is 18.0 Å². The van der Waals surface area contributed by atoms with Gasteiger partial charge in [0.15, 0.2) is 0 Å². The molecule has 5 nitrogen and oxygen atoms in total. The highest BCUT2D eigenvalue weighted by Gasteiger charge is 2.39. The van der Waals surface area contributed by atoms with Gasteiger partial charge in [-0.3, -0.25) is 0 Å². The largest absolute Gasteiger partial charge is 0.368 e. The van der Waals surface area contributed by atoms with Crippen LogP contribution in [0.15, 0.2) is 6.07 Å².